The van der Waals surface area contributed by atoms with Crippen molar-refractivity contribution < 1.29 is 20.4 Å². The van der Waals surface area contributed by atoms with Gasteiger partial charge < -0.3 is 20.4 Å². The van der Waals surface area contributed by atoms with Crippen LogP contribution in [0.3, 0.4) is 0 Å². The van der Waals surface area contributed by atoms with Gasteiger partial charge in [0, 0.05) is 5.92 Å². The van der Waals surface area contributed by atoms with Crippen molar-refractivity contribution in [2.24, 2.45) is 0 Å². The Balaban J connectivity index is 2.37. The Kier molecular flexibility index (Phi) is 4.75. The SMILES string of the molecule is Cc1cc(O)cc(C)c1C(c1ccc(O)c(O)c1)c1c(C)cc(O)cc1C. The number of phenolic OH excluding ortho intramolecular Hbond substituents is 4. The van der Waals surface area contributed by atoms with Crippen molar-refractivity contribution in [2.75, 3.05) is 0 Å². The van der Waals surface area contributed by atoms with Crippen molar-refractivity contribution in [1.29, 1.82) is 0 Å². The number of benzene rings is 3. The lowest BCUT2D eigenvalue weighted by Crippen LogP contribution is -2.11. The van der Waals surface area contributed by atoms with E-state index in [1.165, 1.54) is 6.07 Å². The van der Waals surface area contributed by atoms with Crippen LogP contribution in [-0.4, -0.2) is 20.4 Å². The molecule has 0 heterocycles. The summed E-state index contributed by atoms with van der Waals surface area (Å²) >= 11 is 0. The average Bonchev–Trinajstić information content (AvgIpc) is 2.54. The van der Waals surface area contributed by atoms with Crippen LogP contribution in [0.1, 0.15) is 44.9 Å². The molecule has 27 heavy (non-hydrogen) atoms. The van der Waals surface area contributed by atoms with E-state index in [4.69, 9.17) is 0 Å². The largest absolute Gasteiger partial charge is 0.508 e. The average molecular weight is 364 g/mol. The van der Waals surface area contributed by atoms with Crippen LogP contribution in [0.25, 0.3) is 0 Å². The highest BCUT2D eigenvalue weighted by molar-refractivity contribution is 5.58. The topological polar surface area (TPSA) is 80.9 Å². The Bertz CT molecular complexity index is 917. The highest BCUT2D eigenvalue weighted by Gasteiger charge is 2.25. The highest BCUT2D eigenvalue weighted by atomic mass is 16.3. The lowest BCUT2D eigenvalue weighted by atomic mass is 9.77. The van der Waals surface area contributed by atoms with Gasteiger partial charge in [-0.15, -0.1) is 0 Å². The molecule has 3 rings (SSSR count). The zero-order valence-electron chi connectivity index (χ0n) is 15.9. The van der Waals surface area contributed by atoms with Gasteiger partial charge in [-0.05, 0) is 103 Å². The normalized spacial score (nSPS) is 11.1. The van der Waals surface area contributed by atoms with E-state index in [1.807, 2.05) is 27.7 Å². The third kappa shape index (κ3) is 3.43. The van der Waals surface area contributed by atoms with Gasteiger partial charge in [-0.2, -0.15) is 0 Å². The van der Waals surface area contributed by atoms with Gasteiger partial charge in [-0.3, -0.25) is 0 Å². The molecule has 0 fully saturated rings. The molecule has 0 radical (unpaired) electrons. The molecule has 0 spiro atoms. The zero-order valence-corrected chi connectivity index (χ0v) is 15.9. The van der Waals surface area contributed by atoms with Crippen molar-refractivity contribution in [2.45, 2.75) is 33.6 Å². The van der Waals surface area contributed by atoms with Crippen molar-refractivity contribution in [3.8, 4) is 23.0 Å². The molecule has 4 N–H and O–H groups in total. The molecule has 0 aliphatic heterocycles. The molecule has 140 valence electrons. The van der Waals surface area contributed by atoms with E-state index >= 15 is 0 Å². The van der Waals surface area contributed by atoms with Crippen molar-refractivity contribution >= 4 is 0 Å². The van der Waals surface area contributed by atoms with Crippen LogP contribution in [0.2, 0.25) is 0 Å². The van der Waals surface area contributed by atoms with Gasteiger partial charge in [-0.25, -0.2) is 0 Å². The Morgan fingerprint density at radius 3 is 1.33 bits per heavy atom. The maximum absolute atomic E-state index is 10.1. The predicted octanol–water partition coefficient (Wildman–Crippen LogP) is 4.92. The fourth-order valence-corrected chi connectivity index (χ4v) is 4.01. The first kappa shape index (κ1) is 18.6. The van der Waals surface area contributed by atoms with Gasteiger partial charge in [0.05, 0.1) is 0 Å². The molecule has 0 bridgehead atoms. The van der Waals surface area contributed by atoms with Crippen LogP contribution in [0.5, 0.6) is 23.0 Å². The monoisotopic (exact) mass is 364 g/mol. The summed E-state index contributed by atoms with van der Waals surface area (Å²) in [7, 11) is 0. The van der Waals surface area contributed by atoms with Crippen LogP contribution >= 0.6 is 0 Å². The molecule has 3 aromatic rings. The number of hydrogen-bond donors (Lipinski definition) is 4. The number of phenols is 4. The molecule has 3 aromatic carbocycles. The maximum Gasteiger partial charge on any atom is 0.157 e. The summed E-state index contributed by atoms with van der Waals surface area (Å²) in [6, 6.07) is 11.7. The zero-order chi connectivity index (χ0) is 19.9. The minimum atomic E-state index is -0.224. The van der Waals surface area contributed by atoms with Gasteiger partial charge in [-0.1, -0.05) is 6.07 Å². The van der Waals surface area contributed by atoms with Gasteiger partial charge >= 0.3 is 0 Å². The Labute approximate surface area is 159 Å². The number of aromatic hydroxyl groups is 4. The third-order valence-corrected chi connectivity index (χ3v) is 5.07. The molecule has 0 atom stereocenters. The molecule has 0 aliphatic carbocycles. The molecule has 4 heteroatoms. The lowest BCUT2D eigenvalue weighted by molar-refractivity contribution is 0.403. The molecule has 0 aromatic heterocycles. The molecule has 4 nitrogen and oxygen atoms in total. The second kappa shape index (κ2) is 6.88. The minimum Gasteiger partial charge on any atom is -0.508 e. The highest BCUT2D eigenvalue weighted by Crippen LogP contribution is 2.42. The van der Waals surface area contributed by atoms with Crippen LogP contribution in [0.4, 0.5) is 0 Å². The summed E-state index contributed by atoms with van der Waals surface area (Å²) in [5, 5.41) is 39.7. The first-order valence-corrected chi connectivity index (χ1v) is 8.81. The Morgan fingerprint density at radius 2 is 0.963 bits per heavy atom. The van der Waals surface area contributed by atoms with E-state index in [-0.39, 0.29) is 28.9 Å². The smallest absolute Gasteiger partial charge is 0.157 e. The fraction of sp³-hybridized carbons (Fsp3) is 0.217. The summed E-state index contributed by atoms with van der Waals surface area (Å²) in [5.41, 5.74) is 6.58. The third-order valence-electron chi connectivity index (χ3n) is 5.07. The predicted molar refractivity (Wildman–Crippen MR) is 106 cm³/mol. The number of hydrogen-bond acceptors (Lipinski definition) is 4. The van der Waals surface area contributed by atoms with E-state index in [2.05, 4.69) is 0 Å². The standard InChI is InChI=1S/C23H24O4/c1-12-7-17(24)8-13(2)21(12)23(16-5-6-19(26)20(27)11-16)22-14(3)9-18(25)10-15(22)4/h5-11,23-27H,1-4H3. The van der Waals surface area contributed by atoms with Gasteiger partial charge in [0.15, 0.2) is 11.5 Å². The maximum atomic E-state index is 10.1. The lowest BCUT2D eigenvalue weighted by Gasteiger charge is -2.26. The Hall–Kier alpha value is -3.14. The van der Waals surface area contributed by atoms with E-state index in [0.717, 1.165) is 38.9 Å². The second-order valence-electron chi connectivity index (χ2n) is 7.17. The van der Waals surface area contributed by atoms with Crippen LogP contribution in [0, 0.1) is 27.7 Å². The van der Waals surface area contributed by atoms with Gasteiger partial charge in [0.25, 0.3) is 0 Å². The molecular weight excluding hydrogens is 340 g/mol. The molecule has 0 unspecified atom stereocenters. The fourth-order valence-electron chi connectivity index (χ4n) is 4.01. The summed E-state index contributed by atoms with van der Waals surface area (Å²) in [6.07, 6.45) is 0. The first-order valence-electron chi connectivity index (χ1n) is 8.81. The van der Waals surface area contributed by atoms with Crippen molar-refractivity contribution in [3.05, 3.63) is 81.4 Å². The second-order valence-corrected chi connectivity index (χ2v) is 7.17. The van der Waals surface area contributed by atoms with Crippen LogP contribution in [-0.2, 0) is 0 Å². The molecule has 0 amide bonds. The van der Waals surface area contributed by atoms with Gasteiger partial charge in [0.1, 0.15) is 11.5 Å². The van der Waals surface area contributed by atoms with Crippen molar-refractivity contribution in [3.63, 3.8) is 0 Å². The first-order chi connectivity index (χ1) is 12.7. The van der Waals surface area contributed by atoms with Gasteiger partial charge in [0.2, 0.25) is 0 Å². The molecule has 0 aliphatic rings. The van der Waals surface area contributed by atoms with Crippen molar-refractivity contribution in [1.82, 2.24) is 0 Å². The number of rotatable bonds is 3. The number of aryl methyl sites for hydroxylation is 4. The van der Waals surface area contributed by atoms with E-state index in [0.29, 0.717) is 0 Å². The summed E-state index contributed by atoms with van der Waals surface area (Å²) in [6.45, 7) is 7.78. The molecule has 0 saturated heterocycles. The van der Waals surface area contributed by atoms with E-state index < -0.39 is 0 Å². The van der Waals surface area contributed by atoms with E-state index in [1.54, 1.807) is 36.4 Å². The van der Waals surface area contributed by atoms with Crippen LogP contribution < -0.4 is 0 Å². The summed E-state index contributed by atoms with van der Waals surface area (Å²) < 4.78 is 0. The summed E-state index contributed by atoms with van der Waals surface area (Å²) in [5.74, 6) is -0.158. The minimum absolute atomic E-state index is 0.171. The van der Waals surface area contributed by atoms with Crippen LogP contribution in [0.15, 0.2) is 42.5 Å². The van der Waals surface area contributed by atoms with E-state index in [9.17, 15) is 20.4 Å². The quantitative estimate of drug-likeness (QED) is 0.393. The molecule has 0 saturated carbocycles. The Morgan fingerprint density at radius 1 is 0.556 bits per heavy atom. The summed E-state index contributed by atoms with van der Waals surface area (Å²) in [4.78, 5) is 0. The molecular formula is C23H24O4.